The van der Waals surface area contributed by atoms with Crippen molar-refractivity contribution in [3.05, 3.63) is 97.9 Å². The van der Waals surface area contributed by atoms with E-state index in [9.17, 15) is 14.4 Å². The Kier molecular flexibility index (Phi) is 6.83. The van der Waals surface area contributed by atoms with Gasteiger partial charge in [0, 0.05) is 20.1 Å². The number of nitrogens with one attached hydrogen (secondary N) is 1. The van der Waals surface area contributed by atoms with Crippen molar-refractivity contribution in [1.82, 2.24) is 5.32 Å². The molecule has 9 heteroatoms. The molecule has 6 nitrogen and oxygen atoms in total. The molecule has 1 aliphatic heterocycles. The van der Waals surface area contributed by atoms with Crippen LogP contribution in [-0.4, -0.2) is 17.8 Å². The van der Waals surface area contributed by atoms with Crippen LogP contribution in [0.1, 0.15) is 11.1 Å². The number of nitrogens with zero attached hydrogens (tertiary/aromatic N) is 1. The zero-order valence-electron chi connectivity index (χ0n) is 16.8. The summed E-state index contributed by atoms with van der Waals surface area (Å²) in [5, 5.41) is 3.21. The summed E-state index contributed by atoms with van der Waals surface area (Å²) in [6, 6.07) is 17.8. The van der Waals surface area contributed by atoms with Crippen LogP contribution in [0.4, 0.5) is 10.5 Å². The lowest BCUT2D eigenvalue weighted by Crippen LogP contribution is -2.54. The predicted octanol–water partition coefficient (Wildman–Crippen LogP) is 6.00. The summed E-state index contributed by atoms with van der Waals surface area (Å²) < 4.78 is 6.68. The summed E-state index contributed by atoms with van der Waals surface area (Å²) in [5.41, 5.74) is 1.40. The number of carbonyl (C=O) groups is 3. The van der Waals surface area contributed by atoms with E-state index in [-0.39, 0.29) is 12.2 Å². The Bertz CT molecular complexity index is 1270. The third-order valence-electron chi connectivity index (χ3n) is 4.77. The summed E-state index contributed by atoms with van der Waals surface area (Å²) in [4.78, 5) is 38.9. The fourth-order valence-electron chi connectivity index (χ4n) is 3.14. The molecule has 3 aromatic carbocycles. The van der Waals surface area contributed by atoms with E-state index in [1.165, 1.54) is 6.08 Å². The van der Waals surface area contributed by atoms with Gasteiger partial charge in [-0.05, 0) is 66.2 Å². The Morgan fingerprint density at radius 3 is 2.27 bits per heavy atom. The fourth-order valence-corrected chi connectivity index (χ4v) is 3.71. The van der Waals surface area contributed by atoms with Gasteiger partial charge in [0.1, 0.15) is 17.9 Å². The minimum absolute atomic E-state index is 0.226. The molecule has 0 unspecified atom stereocenters. The first-order valence-corrected chi connectivity index (χ1v) is 11.2. The number of anilines is 1. The van der Waals surface area contributed by atoms with E-state index in [0.717, 1.165) is 14.9 Å². The van der Waals surface area contributed by atoms with Crippen molar-refractivity contribution in [2.45, 2.75) is 6.61 Å². The van der Waals surface area contributed by atoms with Gasteiger partial charge < -0.3 is 4.74 Å². The fraction of sp³-hybridized carbons (Fsp3) is 0.0417. The number of hydrogen-bond acceptors (Lipinski definition) is 4. The number of halogens is 3. The van der Waals surface area contributed by atoms with Crippen molar-refractivity contribution in [3.63, 3.8) is 0 Å². The smallest absolute Gasteiger partial charge is 0.335 e. The number of barbiturate groups is 1. The Hall–Kier alpha value is -3.13. The summed E-state index contributed by atoms with van der Waals surface area (Å²) in [6.45, 7) is 0.235. The second-order valence-electron chi connectivity index (χ2n) is 7.03. The minimum Gasteiger partial charge on any atom is -0.488 e. The first-order chi connectivity index (χ1) is 15.8. The third-order valence-corrected chi connectivity index (χ3v) is 5.78. The quantitative estimate of drug-likeness (QED) is 0.315. The second-order valence-corrected chi connectivity index (χ2v) is 8.82. The number of rotatable bonds is 5. The van der Waals surface area contributed by atoms with Crippen LogP contribution in [0.5, 0.6) is 5.75 Å². The lowest BCUT2D eigenvalue weighted by Gasteiger charge is -2.26. The maximum absolute atomic E-state index is 13.1. The Morgan fingerprint density at radius 2 is 1.58 bits per heavy atom. The van der Waals surface area contributed by atoms with Gasteiger partial charge in [-0.2, -0.15) is 0 Å². The topological polar surface area (TPSA) is 75.7 Å². The lowest BCUT2D eigenvalue weighted by atomic mass is 10.1. The van der Waals surface area contributed by atoms with Crippen LogP contribution < -0.4 is 15.0 Å². The Balaban J connectivity index is 1.66. The Labute approximate surface area is 207 Å². The highest BCUT2D eigenvalue weighted by atomic mass is 79.9. The van der Waals surface area contributed by atoms with E-state index in [4.69, 9.17) is 27.9 Å². The molecule has 166 valence electrons. The molecule has 0 bridgehead atoms. The van der Waals surface area contributed by atoms with Gasteiger partial charge in [-0.15, -0.1) is 0 Å². The van der Waals surface area contributed by atoms with E-state index in [2.05, 4.69) is 21.2 Å². The summed E-state index contributed by atoms with van der Waals surface area (Å²) in [5.74, 6) is -1.15. The van der Waals surface area contributed by atoms with E-state index in [1.54, 1.807) is 54.6 Å². The molecule has 0 atom stereocenters. The number of imide groups is 2. The van der Waals surface area contributed by atoms with Gasteiger partial charge in [0.15, 0.2) is 0 Å². The predicted molar refractivity (Wildman–Crippen MR) is 130 cm³/mol. The lowest BCUT2D eigenvalue weighted by molar-refractivity contribution is -0.122. The molecule has 1 saturated heterocycles. The standard InChI is InChI=1S/C24H15BrCl2N2O4/c25-16-3-8-19(9-4-16)29-23(31)20(22(30)28-24(29)32)12-15-11-18(27)7-10-21(15)33-13-14-1-5-17(26)6-2-14/h1-12H,13H2,(H,28,30,32)/b20-12+. The van der Waals surface area contributed by atoms with E-state index < -0.39 is 17.8 Å². The number of ether oxygens (including phenoxy) is 1. The van der Waals surface area contributed by atoms with Crippen molar-refractivity contribution < 1.29 is 19.1 Å². The number of benzene rings is 3. The number of urea groups is 1. The van der Waals surface area contributed by atoms with Crippen molar-refractivity contribution in [3.8, 4) is 5.75 Å². The zero-order valence-corrected chi connectivity index (χ0v) is 19.9. The Morgan fingerprint density at radius 1 is 0.909 bits per heavy atom. The molecule has 1 fully saturated rings. The third kappa shape index (κ3) is 5.27. The maximum Gasteiger partial charge on any atom is 0.335 e. The molecular weight excluding hydrogens is 531 g/mol. The molecule has 0 aliphatic carbocycles. The normalized spacial score (nSPS) is 15.1. The monoisotopic (exact) mass is 544 g/mol. The maximum atomic E-state index is 13.1. The second kappa shape index (κ2) is 9.79. The molecule has 0 aromatic heterocycles. The van der Waals surface area contributed by atoms with Gasteiger partial charge in [0.2, 0.25) is 0 Å². The van der Waals surface area contributed by atoms with E-state index in [1.807, 2.05) is 12.1 Å². The van der Waals surface area contributed by atoms with Crippen LogP contribution in [0.15, 0.2) is 76.8 Å². The molecule has 33 heavy (non-hydrogen) atoms. The van der Waals surface area contributed by atoms with Crippen molar-refractivity contribution >= 4 is 68.7 Å². The van der Waals surface area contributed by atoms with Crippen molar-refractivity contribution in [1.29, 1.82) is 0 Å². The van der Waals surface area contributed by atoms with Gasteiger partial charge in [0.05, 0.1) is 5.69 Å². The summed E-state index contributed by atoms with van der Waals surface area (Å²) >= 11 is 15.4. The number of carbonyl (C=O) groups excluding carboxylic acids is 3. The van der Waals surface area contributed by atoms with Gasteiger partial charge in [-0.25, -0.2) is 9.69 Å². The molecule has 0 radical (unpaired) electrons. The van der Waals surface area contributed by atoms with Crippen LogP contribution in [0.25, 0.3) is 6.08 Å². The first kappa shape index (κ1) is 23.0. The molecular formula is C24H15BrCl2N2O4. The average Bonchev–Trinajstić information content (AvgIpc) is 2.78. The van der Waals surface area contributed by atoms with Gasteiger partial charge in [-0.3, -0.25) is 14.9 Å². The van der Waals surface area contributed by atoms with Crippen LogP contribution in [0.3, 0.4) is 0 Å². The number of amides is 4. The molecule has 3 aromatic rings. The minimum atomic E-state index is -0.824. The first-order valence-electron chi connectivity index (χ1n) is 9.65. The largest absolute Gasteiger partial charge is 0.488 e. The van der Waals surface area contributed by atoms with Gasteiger partial charge in [0.25, 0.3) is 11.8 Å². The van der Waals surface area contributed by atoms with Gasteiger partial charge in [-0.1, -0.05) is 51.3 Å². The van der Waals surface area contributed by atoms with Crippen LogP contribution >= 0.6 is 39.1 Å². The molecule has 0 saturated carbocycles. The van der Waals surface area contributed by atoms with E-state index in [0.29, 0.717) is 27.0 Å². The SMILES string of the molecule is O=C1NC(=O)N(c2ccc(Br)cc2)C(=O)/C1=C/c1cc(Cl)ccc1OCc1ccc(Cl)cc1. The molecule has 4 amide bonds. The van der Waals surface area contributed by atoms with E-state index >= 15 is 0 Å². The van der Waals surface area contributed by atoms with Crippen molar-refractivity contribution in [2.75, 3.05) is 4.90 Å². The molecule has 1 N–H and O–H groups in total. The van der Waals surface area contributed by atoms with Crippen LogP contribution in [-0.2, 0) is 16.2 Å². The average molecular weight is 546 g/mol. The molecule has 4 rings (SSSR count). The van der Waals surface area contributed by atoms with Crippen LogP contribution in [0.2, 0.25) is 10.0 Å². The number of hydrogen-bond donors (Lipinski definition) is 1. The van der Waals surface area contributed by atoms with Crippen LogP contribution in [0, 0.1) is 0 Å². The summed E-state index contributed by atoms with van der Waals surface area (Å²) in [7, 11) is 0. The molecule has 1 aliphatic rings. The summed E-state index contributed by atoms with van der Waals surface area (Å²) in [6.07, 6.45) is 1.36. The highest BCUT2D eigenvalue weighted by Crippen LogP contribution is 2.29. The molecule has 0 spiro atoms. The van der Waals surface area contributed by atoms with Gasteiger partial charge >= 0.3 is 6.03 Å². The zero-order chi connectivity index (χ0) is 23.5. The highest BCUT2D eigenvalue weighted by Gasteiger charge is 2.37. The van der Waals surface area contributed by atoms with Crippen molar-refractivity contribution in [2.24, 2.45) is 0 Å². The highest BCUT2D eigenvalue weighted by molar-refractivity contribution is 9.10. The molecule has 1 heterocycles.